The summed E-state index contributed by atoms with van der Waals surface area (Å²) in [7, 11) is 0. The Morgan fingerprint density at radius 3 is 3.00 bits per heavy atom. The number of nitriles is 1. The van der Waals surface area contributed by atoms with Crippen LogP contribution >= 0.6 is 11.6 Å². The molecule has 0 amide bonds. The number of hydrogen-bond acceptors (Lipinski definition) is 2. The first-order valence-corrected chi connectivity index (χ1v) is 6.44. The molecule has 0 aliphatic carbocycles. The molecule has 0 unspecified atom stereocenters. The van der Waals surface area contributed by atoms with Gasteiger partial charge < -0.3 is 4.98 Å². The number of rotatable bonds is 2. The van der Waals surface area contributed by atoms with Gasteiger partial charge in [-0.25, -0.2) is 0 Å². The Hall–Kier alpha value is -2.57. The van der Waals surface area contributed by atoms with E-state index in [1.165, 1.54) is 0 Å². The molecule has 4 heteroatoms. The molecule has 96 valence electrons. The molecule has 20 heavy (non-hydrogen) atoms. The molecule has 0 radical (unpaired) electrons. The number of fused-ring (bicyclic) bond motifs is 1. The fraction of sp³-hybridized carbons (Fsp3) is 0. The van der Waals surface area contributed by atoms with Gasteiger partial charge in [0.05, 0.1) is 11.6 Å². The minimum Gasteiger partial charge on any atom is -0.361 e. The molecular formula is C16H10ClN3. The summed E-state index contributed by atoms with van der Waals surface area (Å²) in [6, 6.07) is 11.6. The number of aromatic nitrogens is 2. The Morgan fingerprint density at radius 2 is 2.25 bits per heavy atom. The van der Waals surface area contributed by atoms with Gasteiger partial charge in [-0.05, 0) is 35.9 Å². The summed E-state index contributed by atoms with van der Waals surface area (Å²) in [6.07, 6.45) is 7.07. The largest absolute Gasteiger partial charge is 0.361 e. The molecule has 0 aliphatic rings. The van der Waals surface area contributed by atoms with Crippen LogP contribution in [0.4, 0.5) is 0 Å². The summed E-state index contributed by atoms with van der Waals surface area (Å²) < 4.78 is 0. The molecule has 0 aliphatic heterocycles. The molecule has 3 aromatic rings. The van der Waals surface area contributed by atoms with Gasteiger partial charge in [0, 0.05) is 40.1 Å². The molecular weight excluding hydrogens is 270 g/mol. The van der Waals surface area contributed by atoms with Crippen molar-refractivity contribution in [2.45, 2.75) is 0 Å². The molecule has 0 bridgehead atoms. The van der Waals surface area contributed by atoms with Crippen molar-refractivity contribution in [3.05, 3.63) is 65.1 Å². The number of nitrogens with zero attached hydrogens (tertiary/aromatic N) is 2. The van der Waals surface area contributed by atoms with Crippen LogP contribution in [-0.2, 0) is 0 Å². The van der Waals surface area contributed by atoms with Crippen LogP contribution in [0.1, 0.15) is 11.1 Å². The molecule has 0 saturated carbocycles. The molecule has 2 heterocycles. The molecule has 0 atom stereocenters. The molecule has 0 fully saturated rings. The third-order valence-corrected chi connectivity index (χ3v) is 3.28. The summed E-state index contributed by atoms with van der Waals surface area (Å²) in [5.41, 5.74) is 3.26. The van der Waals surface area contributed by atoms with E-state index in [1.807, 2.05) is 42.6 Å². The third-order valence-electron chi connectivity index (χ3n) is 3.05. The van der Waals surface area contributed by atoms with Crippen molar-refractivity contribution in [1.29, 1.82) is 5.26 Å². The molecule has 2 aromatic heterocycles. The van der Waals surface area contributed by atoms with Gasteiger partial charge in [0.1, 0.15) is 0 Å². The highest BCUT2D eigenvalue weighted by molar-refractivity contribution is 6.31. The molecule has 3 nitrogen and oxygen atoms in total. The van der Waals surface area contributed by atoms with Crippen molar-refractivity contribution < 1.29 is 0 Å². The number of allylic oxidation sites excluding steroid dienone is 1. The minimum absolute atomic E-state index is 0.575. The summed E-state index contributed by atoms with van der Waals surface area (Å²) >= 11 is 6.03. The van der Waals surface area contributed by atoms with Crippen LogP contribution in [0.3, 0.4) is 0 Å². The number of hydrogen-bond donors (Lipinski definition) is 1. The van der Waals surface area contributed by atoms with E-state index in [-0.39, 0.29) is 0 Å². The second-order valence-electron chi connectivity index (χ2n) is 4.35. The second-order valence-corrected chi connectivity index (χ2v) is 4.78. The fourth-order valence-electron chi connectivity index (χ4n) is 2.11. The van der Waals surface area contributed by atoms with Crippen LogP contribution in [0.25, 0.3) is 22.6 Å². The first-order chi connectivity index (χ1) is 9.78. The maximum absolute atomic E-state index is 9.40. The van der Waals surface area contributed by atoms with Crippen molar-refractivity contribution in [3.63, 3.8) is 0 Å². The van der Waals surface area contributed by atoms with Gasteiger partial charge in [-0.3, -0.25) is 4.98 Å². The summed E-state index contributed by atoms with van der Waals surface area (Å²) in [5.74, 6) is 0. The second kappa shape index (κ2) is 5.20. The predicted molar refractivity (Wildman–Crippen MR) is 81.0 cm³/mol. The van der Waals surface area contributed by atoms with Crippen LogP contribution in [0.2, 0.25) is 5.02 Å². The van der Waals surface area contributed by atoms with Crippen LogP contribution in [0.5, 0.6) is 0 Å². The Bertz CT molecular complexity index is 826. The van der Waals surface area contributed by atoms with Gasteiger partial charge in [0.15, 0.2) is 0 Å². The van der Waals surface area contributed by atoms with E-state index < -0.39 is 0 Å². The zero-order valence-electron chi connectivity index (χ0n) is 10.5. The number of H-pyrrole nitrogens is 1. The number of pyridine rings is 1. The highest BCUT2D eigenvalue weighted by atomic mass is 35.5. The lowest BCUT2D eigenvalue weighted by Crippen LogP contribution is -1.81. The van der Waals surface area contributed by atoms with E-state index in [2.05, 4.69) is 16.0 Å². The van der Waals surface area contributed by atoms with Gasteiger partial charge in [-0.2, -0.15) is 5.26 Å². The van der Waals surface area contributed by atoms with E-state index in [4.69, 9.17) is 11.6 Å². The molecule has 1 aromatic carbocycles. The SMILES string of the molecule is N#C/C(=C\c1cccnc1)c1c[nH]c2ccc(Cl)cc12. The van der Waals surface area contributed by atoms with Gasteiger partial charge in [-0.1, -0.05) is 17.7 Å². The number of benzene rings is 1. The van der Waals surface area contributed by atoms with Crippen LogP contribution in [-0.4, -0.2) is 9.97 Å². The Labute approximate surface area is 121 Å². The lowest BCUT2D eigenvalue weighted by molar-refractivity contribution is 1.32. The molecule has 0 saturated heterocycles. The predicted octanol–water partition coefficient (Wildman–Crippen LogP) is 4.28. The Morgan fingerprint density at radius 1 is 1.35 bits per heavy atom. The summed E-state index contributed by atoms with van der Waals surface area (Å²) in [6.45, 7) is 0. The Kier molecular flexibility index (Phi) is 3.24. The molecule has 0 spiro atoms. The van der Waals surface area contributed by atoms with Crippen LogP contribution in [0, 0.1) is 11.3 Å². The molecule has 3 rings (SSSR count). The summed E-state index contributed by atoms with van der Waals surface area (Å²) in [5, 5.41) is 11.0. The van der Waals surface area contributed by atoms with E-state index in [0.717, 1.165) is 22.0 Å². The number of aromatic amines is 1. The lowest BCUT2D eigenvalue weighted by Gasteiger charge is -1.98. The highest BCUT2D eigenvalue weighted by Crippen LogP contribution is 2.28. The van der Waals surface area contributed by atoms with Gasteiger partial charge in [0.2, 0.25) is 0 Å². The first-order valence-electron chi connectivity index (χ1n) is 6.07. The van der Waals surface area contributed by atoms with Crippen molar-refractivity contribution in [1.82, 2.24) is 9.97 Å². The lowest BCUT2D eigenvalue weighted by atomic mass is 10.0. The van der Waals surface area contributed by atoms with E-state index in [9.17, 15) is 5.26 Å². The zero-order chi connectivity index (χ0) is 13.9. The topological polar surface area (TPSA) is 52.5 Å². The maximum atomic E-state index is 9.40. The quantitative estimate of drug-likeness (QED) is 0.712. The van der Waals surface area contributed by atoms with Crippen molar-refractivity contribution >= 4 is 34.2 Å². The summed E-state index contributed by atoms with van der Waals surface area (Å²) in [4.78, 5) is 7.20. The van der Waals surface area contributed by atoms with Gasteiger partial charge in [0.25, 0.3) is 0 Å². The first kappa shape index (κ1) is 12.5. The van der Waals surface area contributed by atoms with Gasteiger partial charge >= 0.3 is 0 Å². The monoisotopic (exact) mass is 279 g/mol. The highest BCUT2D eigenvalue weighted by Gasteiger charge is 2.09. The average molecular weight is 280 g/mol. The van der Waals surface area contributed by atoms with Crippen molar-refractivity contribution in [2.24, 2.45) is 0 Å². The zero-order valence-corrected chi connectivity index (χ0v) is 11.2. The third kappa shape index (κ3) is 2.29. The standard InChI is InChI=1S/C16H10ClN3/c17-13-3-4-16-14(7-13)15(10-20-16)12(8-18)6-11-2-1-5-19-9-11/h1-7,9-10,20H/b12-6+. The Balaban J connectivity index is 2.16. The van der Waals surface area contributed by atoms with E-state index >= 15 is 0 Å². The van der Waals surface area contributed by atoms with Crippen LogP contribution in [0.15, 0.2) is 48.9 Å². The smallest absolute Gasteiger partial charge is 0.0998 e. The van der Waals surface area contributed by atoms with Crippen molar-refractivity contribution in [3.8, 4) is 6.07 Å². The minimum atomic E-state index is 0.575. The van der Waals surface area contributed by atoms with Gasteiger partial charge in [-0.15, -0.1) is 0 Å². The average Bonchev–Trinajstić information content (AvgIpc) is 2.89. The fourth-order valence-corrected chi connectivity index (χ4v) is 2.29. The molecule has 1 N–H and O–H groups in total. The number of halogens is 1. The van der Waals surface area contributed by atoms with E-state index in [1.54, 1.807) is 12.4 Å². The van der Waals surface area contributed by atoms with E-state index in [0.29, 0.717) is 10.6 Å². The normalized spacial score (nSPS) is 11.5. The maximum Gasteiger partial charge on any atom is 0.0998 e. The van der Waals surface area contributed by atoms with Crippen LogP contribution < -0.4 is 0 Å². The van der Waals surface area contributed by atoms with Crippen molar-refractivity contribution in [2.75, 3.05) is 0 Å². The number of nitrogens with one attached hydrogen (secondary N) is 1.